The summed E-state index contributed by atoms with van der Waals surface area (Å²) in [6.07, 6.45) is 6.35. The molecule has 2 aliphatic rings. The third kappa shape index (κ3) is 5.93. The molecule has 1 spiro atoms. The van der Waals surface area contributed by atoms with E-state index in [0.717, 1.165) is 44.6 Å². The first-order valence-electron chi connectivity index (χ1n) is 22.1. The Kier molecular flexibility index (Phi) is 8.78. The first kappa shape index (κ1) is 36.4. The molecule has 2 aliphatic carbocycles. The Hall–Kier alpha value is -7.42. The van der Waals surface area contributed by atoms with Crippen molar-refractivity contribution in [2.75, 3.05) is 4.90 Å². The van der Waals surface area contributed by atoms with Crippen LogP contribution >= 0.6 is 0 Å². The van der Waals surface area contributed by atoms with Crippen molar-refractivity contribution in [1.82, 2.24) is 0 Å². The van der Waals surface area contributed by atoms with Gasteiger partial charge in [0.1, 0.15) is 11.2 Å². The normalized spacial score (nSPS) is 13.9. The predicted molar refractivity (Wildman–Crippen MR) is 259 cm³/mol. The standard InChI is InChI=1S/C60H45NO/c1-3-17-42(18-4-1)46-19-5-6-20-47(46)48-21-7-8-22-49(48)52-24-10-13-27-57(52)61(45-34-36-54-53-25-11-14-28-58(53)62-59(54)40-45)44-32-29-41(30-33-44)43-31-35-51-50-23-9-12-26-55(50)60(56(51)39-43)37-15-2-16-38-60/h1,3-14,17-36,39-40H,2,15-16,37-38H2. The number of benzene rings is 9. The summed E-state index contributed by atoms with van der Waals surface area (Å²) >= 11 is 0. The zero-order chi connectivity index (χ0) is 41.0. The molecule has 0 N–H and O–H groups in total. The lowest BCUT2D eigenvalue weighted by Crippen LogP contribution is -2.28. The Morgan fingerprint density at radius 3 is 1.69 bits per heavy atom. The zero-order valence-electron chi connectivity index (χ0n) is 34.6. The molecular weight excluding hydrogens is 751 g/mol. The van der Waals surface area contributed by atoms with Crippen molar-refractivity contribution in [2.24, 2.45) is 0 Å². The van der Waals surface area contributed by atoms with Crippen LogP contribution < -0.4 is 4.90 Å². The van der Waals surface area contributed by atoms with Gasteiger partial charge < -0.3 is 9.32 Å². The van der Waals surface area contributed by atoms with Gasteiger partial charge in [0.15, 0.2) is 0 Å². The summed E-state index contributed by atoms with van der Waals surface area (Å²) in [4.78, 5) is 2.40. The summed E-state index contributed by atoms with van der Waals surface area (Å²) in [5.74, 6) is 0. The maximum Gasteiger partial charge on any atom is 0.137 e. The molecule has 1 fully saturated rings. The average Bonchev–Trinajstić information content (AvgIpc) is 3.85. The Morgan fingerprint density at radius 2 is 0.903 bits per heavy atom. The molecule has 2 nitrogen and oxygen atoms in total. The van der Waals surface area contributed by atoms with Crippen molar-refractivity contribution in [1.29, 1.82) is 0 Å². The van der Waals surface area contributed by atoms with Crippen LogP contribution in [0, 0.1) is 0 Å². The highest BCUT2D eigenvalue weighted by Crippen LogP contribution is 2.56. The Bertz CT molecular complexity index is 3280. The lowest BCUT2D eigenvalue weighted by molar-refractivity contribution is 0.353. The quantitative estimate of drug-likeness (QED) is 0.160. The van der Waals surface area contributed by atoms with Gasteiger partial charge in [-0.2, -0.15) is 0 Å². The van der Waals surface area contributed by atoms with Gasteiger partial charge in [-0.05, 0) is 117 Å². The van der Waals surface area contributed by atoms with Crippen LogP contribution in [-0.4, -0.2) is 0 Å². The molecule has 10 aromatic rings. The zero-order valence-corrected chi connectivity index (χ0v) is 34.6. The monoisotopic (exact) mass is 795 g/mol. The molecule has 1 aromatic heterocycles. The van der Waals surface area contributed by atoms with Gasteiger partial charge in [0, 0.05) is 39.2 Å². The van der Waals surface area contributed by atoms with Gasteiger partial charge in [-0.3, -0.25) is 0 Å². The molecule has 0 bridgehead atoms. The number of para-hydroxylation sites is 2. The van der Waals surface area contributed by atoms with Crippen molar-refractivity contribution >= 4 is 39.0 Å². The molecule has 9 aromatic carbocycles. The summed E-state index contributed by atoms with van der Waals surface area (Å²) in [5, 5.41) is 2.24. The van der Waals surface area contributed by atoms with Crippen molar-refractivity contribution in [3.63, 3.8) is 0 Å². The largest absolute Gasteiger partial charge is 0.456 e. The third-order valence-corrected chi connectivity index (χ3v) is 13.7. The van der Waals surface area contributed by atoms with E-state index in [-0.39, 0.29) is 5.41 Å². The number of furan rings is 1. The first-order chi connectivity index (χ1) is 30.7. The van der Waals surface area contributed by atoms with Crippen LogP contribution in [0.2, 0.25) is 0 Å². The number of hydrogen-bond acceptors (Lipinski definition) is 2. The van der Waals surface area contributed by atoms with Gasteiger partial charge in [-0.15, -0.1) is 0 Å². The molecule has 0 radical (unpaired) electrons. The molecule has 2 heteroatoms. The van der Waals surface area contributed by atoms with Gasteiger partial charge >= 0.3 is 0 Å². The molecule has 296 valence electrons. The van der Waals surface area contributed by atoms with Crippen molar-refractivity contribution in [2.45, 2.75) is 37.5 Å². The molecule has 1 heterocycles. The van der Waals surface area contributed by atoms with Gasteiger partial charge in [-0.1, -0.05) is 183 Å². The summed E-state index contributed by atoms with van der Waals surface area (Å²) in [5.41, 5.74) is 20.6. The first-order valence-corrected chi connectivity index (χ1v) is 22.1. The van der Waals surface area contributed by atoms with Crippen LogP contribution in [-0.2, 0) is 5.41 Å². The van der Waals surface area contributed by atoms with E-state index in [2.05, 4.69) is 211 Å². The topological polar surface area (TPSA) is 16.4 Å². The van der Waals surface area contributed by atoms with E-state index in [0.29, 0.717) is 0 Å². The summed E-state index contributed by atoms with van der Waals surface area (Å²) in [7, 11) is 0. The van der Waals surface area contributed by atoms with Crippen LogP contribution in [0.3, 0.4) is 0 Å². The summed E-state index contributed by atoms with van der Waals surface area (Å²) in [6.45, 7) is 0. The van der Waals surface area contributed by atoms with E-state index in [9.17, 15) is 0 Å². The lowest BCUT2D eigenvalue weighted by atomic mass is 9.67. The average molecular weight is 796 g/mol. The maximum absolute atomic E-state index is 6.52. The van der Waals surface area contributed by atoms with Crippen LogP contribution in [0.5, 0.6) is 0 Å². The molecule has 62 heavy (non-hydrogen) atoms. The van der Waals surface area contributed by atoms with Gasteiger partial charge in [0.2, 0.25) is 0 Å². The molecule has 0 amide bonds. The Morgan fingerprint density at radius 1 is 0.339 bits per heavy atom. The van der Waals surface area contributed by atoms with Crippen molar-refractivity contribution in [3.8, 4) is 55.6 Å². The highest BCUT2D eigenvalue weighted by molar-refractivity contribution is 6.06. The fourth-order valence-electron chi connectivity index (χ4n) is 10.8. The second kappa shape index (κ2) is 14.9. The predicted octanol–water partition coefficient (Wildman–Crippen LogP) is 17.0. The number of nitrogens with zero attached hydrogens (tertiary/aromatic N) is 1. The van der Waals surface area contributed by atoms with E-state index in [1.54, 1.807) is 0 Å². The molecule has 1 saturated carbocycles. The molecular formula is C60H45NO. The minimum atomic E-state index is 0.119. The maximum atomic E-state index is 6.52. The SMILES string of the molecule is c1ccc(-c2ccccc2-c2ccccc2-c2ccccc2N(c2ccc(-c3ccc4c(c3)C3(CCCCC3)c3ccccc3-4)cc2)c2ccc3c(c2)oc2ccccc23)cc1. The fraction of sp³-hybridized carbons (Fsp3) is 0.100. The molecule has 0 saturated heterocycles. The number of rotatable bonds is 7. The highest BCUT2D eigenvalue weighted by atomic mass is 16.3. The highest BCUT2D eigenvalue weighted by Gasteiger charge is 2.43. The fourth-order valence-corrected chi connectivity index (χ4v) is 10.8. The van der Waals surface area contributed by atoms with Crippen LogP contribution in [0.25, 0.3) is 77.6 Å². The molecule has 0 atom stereocenters. The molecule has 0 unspecified atom stereocenters. The van der Waals surface area contributed by atoms with E-state index >= 15 is 0 Å². The summed E-state index contributed by atoms with van der Waals surface area (Å²) < 4.78 is 6.52. The van der Waals surface area contributed by atoms with Gasteiger partial charge in [0.05, 0.1) is 5.69 Å². The minimum absolute atomic E-state index is 0.119. The summed E-state index contributed by atoms with van der Waals surface area (Å²) in [6, 6.07) is 77.8. The minimum Gasteiger partial charge on any atom is -0.456 e. The molecule has 0 aliphatic heterocycles. The van der Waals surface area contributed by atoms with Crippen LogP contribution in [0.1, 0.15) is 43.2 Å². The smallest absolute Gasteiger partial charge is 0.137 e. The second-order valence-corrected chi connectivity index (χ2v) is 17.1. The Labute approximate surface area is 363 Å². The van der Waals surface area contributed by atoms with E-state index < -0.39 is 0 Å². The van der Waals surface area contributed by atoms with Crippen LogP contribution in [0.15, 0.2) is 217 Å². The Balaban J connectivity index is 1.00. The van der Waals surface area contributed by atoms with Gasteiger partial charge in [-0.25, -0.2) is 0 Å². The van der Waals surface area contributed by atoms with Crippen molar-refractivity contribution in [3.05, 3.63) is 223 Å². The van der Waals surface area contributed by atoms with Crippen LogP contribution in [0.4, 0.5) is 17.1 Å². The second-order valence-electron chi connectivity index (χ2n) is 17.1. The van der Waals surface area contributed by atoms with Crippen molar-refractivity contribution < 1.29 is 4.42 Å². The molecule has 12 rings (SSSR count). The van der Waals surface area contributed by atoms with E-state index in [1.807, 2.05) is 6.07 Å². The van der Waals surface area contributed by atoms with E-state index in [4.69, 9.17) is 4.42 Å². The van der Waals surface area contributed by atoms with E-state index in [1.165, 1.54) is 93.3 Å². The third-order valence-electron chi connectivity index (χ3n) is 13.7. The number of hydrogen-bond donors (Lipinski definition) is 0. The lowest BCUT2D eigenvalue weighted by Gasteiger charge is -2.36. The number of fused-ring (bicyclic) bond motifs is 8. The van der Waals surface area contributed by atoms with Gasteiger partial charge in [0.25, 0.3) is 0 Å². The number of anilines is 3.